The second kappa shape index (κ2) is 7.81. The molecule has 0 radical (unpaired) electrons. The van der Waals surface area contributed by atoms with E-state index in [1.165, 1.54) is 37.7 Å². The minimum absolute atomic E-state index is 0.634. The normalized spacial score (nSPS) is 14.3. The molecule has 0 spiro atoms. The highest BCUT2D eigenvalue weighted by atomic mass is 32.2. The molecule has 0 atom stereocenters. The Hall–Kier alpha value is -1.56. The van der Waals surface area contributed by atoms with Gasteiger partial charge in [0.25, 0.3) is 0 Å². The number of nitrogens with zero attached hydrogens (tertiary/aromatic N) is 5. The molecule has 1 fully saturated rings. The van der Waals surface area contributed by atoms with E-state index in [4.69, 9.17) is 0 Å². The van der Waals surface area contributed by atoms with Crippen molar-refractivity contribution in [2.24, 2.45) is 0 Å². The average Bonchev–Trinajstić information content (AvgIpc) is 3.19. The molecule has 3 rings (SSSR count). The molecule has 2 aromatic rings. The van der Waals surface area contributed by atoms with Gasteiger partial charge in [0.1, 0.15) is 5.82 Å². The van der Waals surface area contributed by atoms with E-state index in [-0.39, 0.29) is 0 Å². The molecule has 6 heteroatoms. The highest BCUT2D eigenvalue weighted by molar-refractivity contribution is 7.99. The molecule has 2 heterocycles. The fraction of sp³-hybridized carbons (Fsp3) is 0.588. The zero-order chi connectivity index (χ0) is 16.1. The van der Waals surface area contributed by atoms with E-state index in [0.29, 0.717) is 5.92 Å². The van der Waals surface area contributed by atoms with E-state index in [9.17, 15) is 0 Å². The average molecular weight is 331 g/mol. The van der Waals surface area contributed by atoms with Gasteiger partial charge >= 0.3 is 0 Å². The molecule has 0 bridgehead atoms. The van der Waals surface area contributed by atoms with Crippen molar-refractivity contribution in [1.29, 1.82) is 0 Å². The van der Waals surface area contributed by atoms with Crippen LogP contribution >= 0.6 is 11.8 Å². The summed E-state index contributed by atoms with van der Waals surface area (Å²) in [5.41, 5.74) is 1.23. The lowest BCUT2D eigenvalue weighted by molar-refractivity contribution is 0.554. The Morgan fingerprint density at radius 2 is 2.17 bits per heavy atom. The van der Waals surface area contributed by atoms with Gasteiger partial charge in [0.2, 0.25) is 0 Å². The zero-order valence-electron chi connectivity index (χ0n) is 13.8. The smallest absolute Gasteiger partial charge is 0.191 e. The summed E-state index contributed by atoms with van der Waals surface area (Å²) in [5, 5.41) is 14.1. The first-order valence-electron chi connectivity index (χ1n) is 8.44. The van der Waals surface area contributed by atoms with Crippen molar-refractivity contribution in [2.45, 2.75) is 63.2 Å². The van der Waals surface area contributed by atoms with Crippen LogP contribution in [0.2, 0.25) is 0 Å². The monoisotopic (exact) mass is 331 g/mol. The molecule has 0 amide bonds. The molecule has 23 heavy (non-hydrogen) atoms. The molecule has 0 saturated heterocycles. The fourth-order valence-corrected chi connectivity index (χ4v) is 3.61. The summed E-state index contributed by atoms with van der Waals surface area (Å²) in [6.07, 6.45) is 12.1. The maximum Gasteiger partial charge on any atom is 0.191 e. The van der Waals surface area contributed by atoms with Crippen molar-refractivity contribution >= 4 is 11.8 Å². The Balaban J connectivity index is 1.39. The summed E-state index contributed by atoms with van der Waals surface area (Å²) in [6, 6.07) is 0. The summed E-state index contributed by atoms with van der Waals surface area (Å²) >= 11 is 1.82. The number of thioether (sulfide) groups is 1. The molecule has 2 aromatic heterocycles. The zero-order valence-corrected chi connectivity index (χ0v) is 14.6. The van der Waals surface area contributed by atoms with Gasteiger partial charge in [-0.05, 0) is 38.2 Å². The molecule has 0 N–H and O–H groups in total. The number of aryl methyl sites for hydroxylation is 2. The predicted molar refractivity (Wildman–Crippen MR) is 93.7 cm³/mol. The van der Waals surface area contributed by atoms with Crippen LogP contribution in [0.15, 0.2) is 30.2 Å². The molecule has 5 nitrogen and oxygen atoms in total. The van der Waals surface area contributed by atoms with E-state index in [0.717, 1.165) is 29.8 Å². The van der Waals surface area contributed by atoms with Crippen molar-refractivity contribution in [1.82, 2.24) is 24.5 Å². The summed E-state index contributed by atoms with van der Waals surface area (Å²) < 4.78 is 4.27. The largest absolute Gasteiger partial charge is 0.302 e. The van der Waals surface area contributed by atoms with E-state index in [1.807, 2.05) is 28.7 Å². The summed E-state index contributed by atoms with van der Waals surface area (Å²) in [5.74, 6) is 2.88. The van der Waals surface area contributed by atoms with Gasteiger partial charge in [-0.15, -0.1) is 16.8 Å². The number of hydrogen-bond acceptors (Lipinski definition) is 4. The molecule has 0 unspecified atom stereocenters. The lowest BCUT2D eigenvalue weighted by Crippen LogP contribution is -2.03. The highest BCUT2D eigenvalue weighted by Gasteiger charge is 2.29. The number of unbranched alkanes of at least 4 members (excludes halogenated alkanes) is 2. The Kier molecular flexibility index (Phi) is 5.54. The fourth-order valence-electron chi connectivity index (χ4n) is 2.66. The van der Waals surface area contributed by atoms with Crippen molar-refractivity contribution in [2.75, 3.05) is 5.75 Å². The van der Waals surface area contributed by atoms with E-state index in [2.05, 4.69) is 39.6 Å². The Labute approximate surface area is 142 Å². The molecule has 0 aromatic carbocycles. The van der Waals surface area contributed by atoms with Crippen LogP contribution in [0, 0.1) is 6.92 Å². The predicted octanol–water partition coefficient (Wildman–Crippen LogP) is 3.81. The van der Waals surface area contributed by atoms with Crippen molar-refractivity contribution < 1.29 is 0 Å². The van der Waals surface area contributed by atoms with E-state index < -0.39 is 0 Å². The van der Waals surface area contributed by atoms with Crippen LogP contribution < -0.4 is 0 Å². The van der Waals surface area contributed by atoms with Crippen LogP contribution in [0.25, 0.3) is 0 Å². The molecule has 1 aliphatic rings. The number of allylic oxidation sites excluding steroid dienone is 1. The van der Waals surface area contributed by atoms with Gasteiger partial charge in [-0.25, -0.2) is 0 Å². The quantitative estimate of drug-likeness (QED) is 0.377. The maximum atomic E-state index is 4.39. The Morgan fingerprint density at radius 3 is 2.87 bits per heavy atom. The van der Waals surface area contributed by atoms with Gasteiger partial charge in [-0.1, -0.05) is 24.3 Å². The molecule has 1 saturated carbocycles. The van der Waals surface area contributed by atoms with Crippen LogP contribution in [-0.2, 0) is 13.1 Å². The van der Waals surface area contributed by atoms with Crippen LogP contribution in [0.3, 0.4) is 0 Å². The third-order valence-electron chi connectivity index (χ3n) is 4.02. The van der Waals surface area contributed by atoms with Gasteiger partial charge in [-0.2, -0.15) is 5.10 Å². The van der Waals surface area contributed by atoms with E-state index in [1.54, 1.807) is 0 Å². The van der Waals surface area contributed by atoms with Gasteiger partial charge in [0.05, 0.1) is 6.20 Å². The van der Waals surface area contributed by atoms with Gasteiger partial charge < -0.3 is 4.57 Å². The number of aromatic nitrogens is 5. The summed E-state index contributed by atoms with van der Waals surface area (Å²) in [4.78, 5) is 0. The van der Waals surface area contributed by atoms with Gasteiger partial charge in [0.15, 0.2) is 5.16 Å². The van der Waals surface area contributed by atoms with E-state index >= 15 is 0 Å². The third-order valence-corrected chi connectivity index (χ3v) is 5.08. The maximum absolute atomic E-state index is 4.39. The topological polar surface area (TPSA) is 48.5 Å². The van der Waals surface area contributed by atoms with Crippen molar-refractivity contribution in [3.8, 4) is 0 Å². The second-order valence-corrected chi connectivity index (χ2v) is 7.27. The van der Waals surface area contributed by atoms with Crippen LogP contribution in [0.1, 0.15) is 49.4 Å². The molecule has 1 aliphatic carbocycles. The first kappa shape index (κ1) is 16.3. The standard InChI is InChI=1S/C17H25N5S/c1-3-9-22-16(15-7-8-15)19-20-17(22)23-11-6-4-5-10-21-13-14(2)12-18-21/h3,12-13,15H,1,4-11H2,2H3. The lowest BCUT2D eigenvalue weighted by atomic mass is 10.2. The Morgan fingerprint density at radius 1 is 1.30 bits per heavy atom. The van der Waals surface area contributed by atoms with Crippen LogP contribution in [0.4, 0.5) is 0 Å². The first-order valence-corrected chi connectivity index (χ1v) is 9.42. The SMILES string of the molecule is C=CCn1c(SCCCCCn2cc(C)cn2)nnc1C1CC1. The summed E-state index contributed by atoms with van der Waals surface area (Å²) in [7, 11) is 0. The first-order chi connectivity index (χ1) is 11.3. The third kappa shape index (κ3) is 4.47. The number of rotatable bonds is 10. The molecule has 124 valence electrons. The van der Waals surface area contributed by atoms with Gasteiger partial charge in [-0.3, -0.25) is 4.68 Å². The second-order valence-electron chi connectivity index (χ2n) is 6.20. The lowest BCUT2D eigenvalue weighted by Gasteiger charge is -2.07. The summed E-state index contributed by atoms with van der Waals surface area (Å²) in [6.45, 7) is 7.76. The Bertz CT molecular complexity index is 641. The van der Waals surface area contributed by atoms with Gasteiger partial charge in [0, 0.05) is 31.0 Å². The molecule has 0 aliphatic heterocycles. The van der Waals surface area contributed by atoms with Crippen molar-refractivity contribution in [3.63, 3.8) is 0 Å². The van der Waals surface area contributed by atoms with Crippen LogP contribution in [-0.4, -0.2) is 30.3 Å². The minimum Gasteiger partial charge on any atom is -0.302 e. The number of hydrogen-bond donors (Lipinski definition) is 0. The minimum atomic E-state index is 0.634. The molecular weight excluding hydrogens is 306 g/mol. The van der Waals surface area contributed by atoms with Crippen LogP contribution in [0.5, 0.6) is 0 Å². The highest BCUT2D eigenvalue weighted by Crippen LogP contribution is 2.40. The van der Waals surface area contributed by atoms with Crippen molar-refractivity contribution in [3.05, 3.63) is 36.4 Å². The molecular formula is C17H25N5S.